The Balaban J connectivity index is 3.06. The van der Waals surface area contributed by atoms with Gasteiger partial charge in [0.1, 0.15) is 0 Å². The van der Waals surface area contributed by atoms with Gasteiger partial charge in [-0.05, 0) is 18.2 Å². The zero-order chi connectivity index (χ0) is 11.4. The number of carboxylic acids is 1. The smallest absolute Gasteiger partial charge is 0.337 e. The minimum Gasteiger partial charge on any atom is -0.478 e. The lowest BCUT2D eigenvalue weighted by Crippen LogP contribution is -2.25. The highest BCUT2D eigenvalue weighted by molar-refractivity contribution is 6.31. The Morgan fingerprint density at radius 3 is 2.60 bits per heavy atom. The number of anilines is 1. The summed E-state index contributed by atoms with van der Waals surface area (Å²) in [6, 6.07) is 3.72. The Kier molecular flexibility index (Phi) is 3.51. The van der Waals surface area contributed by atoms with Gasteiger partial charge in [0.25, 0.3) is 0 Å². The van der Waals surface area contributed by atoms with E-state index < -0.39 is 12.0 Å². The first-order valence-corrected chi connectivity index (χ1v) is 4.44. The molecule has 3 N–H and O–H groups in total. The summed E-state index contributed by atoms with van der Waals surface area (Å²) in [5.74, 6) is -1.15. The molecule has 0 aliphatic heterocycles. The van der Waals surface area contributed by atoms with Crippen molar-refractivity contribution in [3.8, 4) is 0 Å². The summed E-state index contributed by atoms with van der Waals surface area (Å²) in [6.45, 7) is 0. The zero-order valence-electron chi connectivity index (χ0n) is 7.87. The van der Waals surface area contributed by atoms with Crippen LogP contribution in [0.5, 0.6) is 0 Å². The molecule has 0 heterocycles. The molecule has 0 radical (unpaired) electrons. The first kappa shape index (κ1) is 11.3. The highest BCUT2D eigenvalue weighted by Crippen LogP contribution is 2.20. The lowest BCUT2D eigenvalue weighted by Gasteiger charge is -2.07. The molecule has 0 aliphatic carbocycles. The second kappa shape index (κ2) is 4.65. The summed E-state index contributed by atoms with van der Waals surface area (Å²) in [4.78, 5) is 21.8. The van der Waals surface area contributed by atoms with Gasteiger partial charge >= 0.3 is 12.0 Å². The number of hydrogen-bond acceptors (Lipinski definition) is 2. The van der Waals surface area contributed by atoms with Crippen LogP contribution >= 0.6 is 11.6 Å². The van der Waals surface area contributed by atoms with Crippen molar-refractivity contribution < 1.29 is 14.7 Å². The predicted octanol–water partition coefficient (Wildman–Crippen LogP) is 1.79. The SMILES string of the molecule is CNC(=O)Nc1ccc(Cl)cc1C(=O)O. The molecule has 0 unspecified atom stereocenters. The van der Waals surface area contributed by atoms with Crippen molar-refractivity contribution in [3.63, 3.8) is 0 Å². The Morgan fingerprint density at radius 2 is 2.07 bits per heavy atom. The number of aromatic carboxylic acids is 1. The fourth-order valence-electron chi connectivity index (χ4n) is 0.987. The number of nitrogens with one attached hydrogen (secondary N) is 2. The van der Waals surface area contributed by atoms with Crippen molar-refractivity contribution >= 4 is 29.3 Å². The van der Waals surface area contributed by atoms with E-state index >= 15 is 0 Å². The van der Waals surface area contributed by atoms with Gasteiger partial charge in [-0.1, -0.05) is 11.6 Å². The molecule has 0 saturated carbocycles. The van der Waals surface area contributed by atoms with E-state index in [0.717, 1.165) is 0 Å². The number of benzene rings is 1. The lowest BCUT2D eigenvalue weighted by atomic mass is 10.2. The van der Waals surface area contributed by atoms with E-state index in [1.807, 2.05) is 0 Å². The van der Waals surface area contributed by atoms with E-state index in [4.69, 9.17) is 16.7 Å². The maximum Gasteiger partial charge on any atom is 0.337 e. The number of urea groups is 1. The van der Waals surface area contributed by atoms with Crippen molar-refractivity contribution in [3.05, 3.63) is 28.8 Å². The highest BCUT2D eigenvalue weighted by atomic mass is 35.5. The highest BCUT2D eigenvalue weighted by Gasteiger charge is 2.12. The molecule has 0 atom stereocenters. The summed E-state index contributed by atoms with van der Waals surface area (Å²) in [6.07, 6.45) is 0. The second-order valence-electron chi connectivity index (χ2n) is 2.70. The third-order valence-electron chi connectivity index (χ3n) is 1.69. The number of hydrogen-bond donors (Lipinski definition) is 3. The Bertz CT molecular complexity index is 406. The van der Waals surface area contributed by atoms with Crippen LogP contribution in [0.2, 0.25) is 5.02 Å². The molecule has 0 bridgehead atoms. The predicted molar refractivity (Wildman–Crippen MR) is 56.5 cm³/mol. The third kappa shape index (κ3) is 2.85. The molecular weight excluding hydrogens is 220 g/mol. The average Bonchev–Trinajstić information content (AvgIpc) is 2.20. The monoisotopic (exact) mass is 228 g/mol. The molecule has 2 amide bonds. The van der Waals surface area contributed by atoms with Gasteiger partial charge in [-0.25, -0.2) is 9.59 Å². The summed E-state index contributed by atoms with van der Waals surface area (Å²) in [5, 5.41) is 13.8. The number of amides is 2. The molecule has 0 saturated heterocycles. The fourth-order valence-corrected chi connectivity index (χ4v) is 1.16. The maximum absolute atomic E-state index is 11.0. The molecule has 1 rings (SSSR count). The largest absolute Gasteiger partial charge is 0.478 e. The van der Waals surface area contributed by atoms with Gasteiger partial charge in [-0.2, -0.15) is 0 Å². The van der Waals surface area contributed by atoms with Gasteiger partial charge in [0.2, 0.25) is 0 Å². The topological polar surface area (TPSA) is 78.4 Å². The van der Waals surface area contributed by atoms with Crippen molar-refractivity contribution in [1.82, 2.24) is 5.32 Å². The van der Waals surface area contributed by atoms with E-state index in [9.17, 15) is 9.59 Å². The second-order valence-corrected chi connectivity index (χ2v) is 3.14. The molecule has 0 aliphatic rings. The Labute approximate surface area is 91.0 Å². The van der Waals surface area contributed by atoms with Gasteiger partial charge in [-0.3, -0.25) is 0 Å². The fraction of sp³-hybridized carbons (Fsp3) is 0.111. The minimum absolute atomic E-state index is 0.0499. The average molecular weight is 229 g/mol. The molecule has 1 aromatic carbocycles. The summed E-state index contributed by atoms with van der Waals surface area (Å²) in [7, 11) is 1.44. The van der Waals surface area contributed by atoms with Crippen molar-refractivity contribution in [2.75, 3.05) is 12.4 Å². The van der Waals surface area contributed by atoms with Crippen LogP contribution in [-0.4, -0.2) is 24.2 Å². The van der Waals surface area contributed by atoms with Crippen LogP contribution in [0.4, 0.5) is 10.5 Å². The molecular formula is C9H9ClN2O3. The van der Waals surface area contributed by atoms with E-state index in [1.165, 1.54) is 25.2 Å². The molecule has 1 aromatic rings. The maximum atomic E-state index is 11.0. The van der Waals surface area contributed by atoms with Crippen molar-refractivity contribution in [1.29, 1.82) is 0 Å². The molecule has 5 nitrogen and oxygen atoms in total. The molecule has 0 aromatic heterocycles. The molecule has 0 fully saturated rings. The van der Waals surface area contributed by atoms with E-state index in [-0.39, 0.29) is 11.3 Å². The van der Waals surface area contributed by atoms with Crippen LogP contribution < -0.4 is 10.6 Å². The Hall–Kier alpha value is -1.75. The van der Waals surface area contributed by atoms with Crippen LogP contribution in [0.1, 0.15) is 10.4 Å². The first-order valence-electron chi connectivity index (χ1n) is 4.06. The van der Waals surface area contributed by atoms with Gasteiger partial charge in [0, 0.05) is 12.1 Å². The van der Waals surface area contributed by atoms with Crippen LogP contribution in [0.25, 0.3) is 0 Å². The molecule has 15 heavy (non-hydrogen) atoms. The first-order chi connectivity index (χ1) is 7.04. The summed E-state index contributed by atoms with van der Waals surface area (Å²) < 4.78 is 0. The normalized spacial score (nSPS) is 9.47. The van der Waals surface area contributed by atoms with Crippen LogP contribution in [-0.2, 0) is 0 Å². The van der Waals surface area contributed by atoms with Crippen LogP contribution in [0, 0.1) is 0 Å². The summed E-state index contributed by atoms with van der Waals surface area (Å²) >= 11 is 5.64. The number of carbonyl (C=O) groups excluding carboxylic acids is 1. The van der Waals surface area contributed by atoms with Crippen molar-refractivity contribution in [2.45, 2.75) is 0 Å². The summed E-state index contributed by atoms with van der Waals surface area (Å²) in [5.41, 5.74) is 0.150. The number of carboxylic acid groups (broad SMARTS) is 1. The standard InChI is InChI=1S/C9H9ClN2O3/c1-11-9(15)12-7-3-2-5(10)4-6(7)8(13)14/h2-4H,1H3,(H,13,14)(H2,11,12,15). The van der Waals surface area contributed by atoms with Crippen LogP contribution in [0.3, 0.4) is 0 Å². The van der Waals surface area contributed by atoms with Gasteiger partial charge in [-0.15, -0.1) is 0 Å². The quantitative estimate of drug-likeness (QED) is 0.722. The Morgan fingerprint density at radius 1 is 1.40 bits per heavy atom. The zero-order valence-corrected chi connectivity index (χ0v) is 8.63. The van der Waals surface area contributed by atoms with Gasteiger partial charge < -0.3 is 15.7 Å². The lowest BCUT2D eigenvalue weighted by molar-refractivity contribution is 0.0698. The minimum atomic E-state index is -1.15. The van der Waals surface area contributed by atoms with E-state index in [1.54, 1.807) is 0 Å². The van der Waals surface area contributed by atoms with E-state index in [0.29, 0.717) is 5.02 Å². The number of carbonyl (C=O) groups is 2. The van der Waals surface area contributed by atoms with Gasteiger partial charge in [0.05, 0.1) is 11.3 Å². The van der Waals surface area contributed by atoms with E-state index in [2.05, 4.69) is 10.6 Å². The third-order valence-corrected chi connectivity index (χ3v) is 1.92. The van der Waals surface area contributed by atoms with Crippen molar-refractivity contribution in [2.24, 2.45) is 0 Å². The van der Waals surface area contributed by atoms with Gasteiger partial charge in [0.15, 0.2) is 0 Å². The molecule has 6 heteroatoms. The number of rotatable bonds is 2. The molecule has 80 valence electrons. The number of halogens is 1. The van der Waals surface area contributed by atoms with Crippen LogP contribution in [0.15, 0.2) is 18.2 Å². The molecule has 0 spiro atoms.